The molecule has 0 saturated heterocycles. The molecular formula is C58H54O14. The molecule has 4 N–H and O–H groups in total. The van der Waals surface area contributed by atoms with Crippen LogP contribution in [0.4, 0.5) is 0 Å². The van der Waals surface area contributed by atoms with Crippen LogP contribution in [0.2, 0.25) is 0 Å². The molecule has 6 rings (SSSR count). The molecule has 370 valence electrons. The Morgan fingerprint density at radius 2 is 0.694 bits per heavy atom. The summed E-state index contributed by atoms with van der Waals surface area (Å²) in [7, 11) is 0. The third-order valence-electron chi connectivity index (χ3n) is 11.3. The van der Waals surface area contributed by atoms with Crippen molar-refractivity contribution < 1.29 is 68.1 Å². The number of aromatic carboxylic acids is 4. The average Bonchev–Trinajstić information content (AvgIpc) is 3.39. The fourth-order valence-electron chi connectivity index (χ4n) is 7.66. The maximum absolute atomic E-state index is 12.9. The van der Waals surface area contributed by atoms with Crippen LogP contribution in [0.1, 0.15) is 125 Å². The van der Waals surface area contributed by atoms with Gasteiger partial charge in [0.1, 0.15) is 23.0 Å². The molecule has 0 atom stereocenters. The van der Waals surface area contributed by atoms with E-state index < -0.39 is 57.3 Å². The average molecular weight is 975 g/mol. The van der Waals surface area contributed by atoms with Gasteiger partial charge in [-0.2, -0.15) is 0 Å². The second-order valence-electron chi connectivity index (χ2n) is 16.4. The molecule has 6 aromatic rings. The Morgan fingerprint density at radius 1 is 0.361 bits per heavy atom. The first kappa shape index (κ1) is 52.6. The van der Waals surface area contributed by atoms with Gasteiger partial charge >= 0.3 is 23.9 Å². The first-order chi connectivity index (χ1) is 34.9. The van der Waals surface area contributed by atoms with Crippen LogP contribution in [0.3, 0.4) is 0 Å². The Kier molecular flexibility index (Phi) is 19.6. The summed E-state index contributed by atoms with van der Waals surface area (Å²) < 4.78 is 23.9. The van der Waals surface area contributed by atoms with E-state index in [1.54, 1.807) is 36.4 Å². The number of allylic oxidation sites excluding steroid dienone is 2. The van der Waals surface area contributed by atoms with Crippen LogP contribution in [-0.2, 0) is 0 Å². The second kappa shape index (κ2) is 26.8. The zero-order valence-corrected chi connectivity index (χ0v) is 39.4. The summed E-state index contributed by atoms with van der Waals surface area (Å²) in [6.07, 6.45) is 11.7. The Balaban J connectivity index is 1.03. The van der Waals surface area contributed by atoms with Crippen molar-refractivity contribution in [1.82, 2.24) is 0 Å². The Morgan fingerprint density at radius 3 is 1.01 bits per heavy atom. The Labute approximate surface area is 416 Å². The van der Waals surface area contributed by atoms with Crippen LogP contribution < -0.4 is 18.9 Å². The minimum Gasteiger partial charge on any atom is -0.494 e. The summed E-state index contributed by atoms with van der Waals surface area (Å²) in [6, 6.07) is 37.2. The van der Waals surface area contributed by atoms with E-state index in [0.717, 1.165) is 36.1 Å². The van der Waals surface area contributed by atoms with E-state index in [1.807, 2.05) is 84.9 Å². The zero-order chi connectivity index (χ0) is 51.2. The number of carboxylic acids is 4. The van der Waals surface area contributed by atoms with Gasteiger partial charge in [0.25, 0.3) is 0 Å². The van der Waals surface area contributed by atoms with Crippen molar-refractivity contribution in [2.75, 3.05) is 26.4 Å². The van der Waals surface area contributed by atoms with Crippen LogP contribution in [0.5, 0.6) is 23.0 Å². The molecule has 0 heterocycles. The predicted molar refractivity (Wildman–Crippen MR) is 271 cm³/mol. The highest BCUT2D eigenvalue weighted by Gasteiger charge is 2.33. The number of ether oxygens (including phenoxy) is 4. The van der Waals surface area contributed by atoms with E-state index >= 15 is 0 Å². The Hall–Kier alpha value is -8.78. The van der Waals surface area contributed by atoms with E-state index in [9.17, 15) is 49.2 Å². The number of ketones is 2. The lowest BCUT2D eigenvalue weighted by Crippen LogP contribution is -2.16. The van der Waals surface area contributed by atoms with Crippen molar-refractivity contribution >= 4 is 47.6 Å². The van der Waals surface area contributed by atoms with Gasteiger partial charge in [0, 0.05) is 22.3 Å². The van der Waals surface area contributed by atoms with Crippen molar-refractivity contribution in [2.45, 2.75) is 51.4 Å². The van der Waals surface area contributed by atoms with Crippen molar-refractivity contribution in [3.8, 4) is 34.1 Å². The number of carbonyl (C=O) groups excluding carboxylic acids is 2. The molecule has 0 fully saturated rings. The van der Waals surface area contributed by atoms with Gasteiger partial charge in [-0.25, -0.2) is 19.2 Å². The highest BCUT2D eigenvalue weighted by molar-refractivity contribution is 6.14. The molecule has 72 heavy (non-hydrogen) atoms. The minimum atomic E-state index is -1.70. The van der Waals surface area contributed by atoms with Crippen LogP contribution in [0.15, 0.2) is 146 Å². The van der Waals surface area contributed by atoms with Crippen LogP contribution in [-0.4, -0.2) is 82.3 Å². The van der Waals surface area contributed by atoms with Crippen molar-refractivity contribution in [3.63, 3.8) is 0 Å². The molecule has 0 aliphatic heterocycles. The Bertz CT molecular complexity index is 2690. The summed E-state index contributed by atoms with van der Waals surface area (Å²) in [6.45, 7) is 0.914. The van der Waals surface area contributed by atoms with Gasteiger partial charge in [-0.15, -0.1) is 0 Å². The third kappa shape index (κ3) is 15.1. The largest absolute Gasteiger partial charge is 0.494 e. The van der Waals surface area contributed by atoms with Gasteiger partial charge in [-0.1, -0.05) is 97.1 Å². The van der Waals surface area contributed by atoms with Gasteiger partial charge < -0.3 is 39.4 Å². The smallest absolute Gasteiger partial charge is 0.337 e. The number of hydrogen-bond donors (Lipinski definition) is 4. The fourth-order valence-corrected chi connectivity index (χ4v) is 7.66. The summed E-state index contributed by atoms with van der Waals surface area (Å²) in [4.78, 5) is 75.3. The lowest BCUT2D eigenvalue weighted by molar-refractivity contribution is 0.0649. The molecule has 0 saturated carbocycles. The molecule has 6 aromatic carbocycles. The molecule has 14 nitrogen and oxygen atoms in total. The van der Waals surface area contributed by atoms with Crippen LogP contribution in [0.25, 0.3) is 23.3 Å². The van der Waals surface area contributed by atoms with Crippen molar-refractivity contribution in [2.24, 2.45) is 0 Å². The van der Waals surface area contributed by atoms with Crippen LogP contribution in [0, 0.1) is 0 Å². The van der Waals surface area contributed by atoms with Gasteiger partial charge in [0.05, 0.1) is 48.7 Å². The first-order valence-corrected chi connectivity index (χ1v) is 23.4. The molecule has 0 bridgehead atoms. The summed E-state index contributed by atoms with van der Waals surface area (Å²) in [5.74, 6) is -5.81. The quantitative estimate of drug-likeness (QED) is 0.0195. The van der Waals surface area contributed by atoms with E-state index in [0.29, 0.717) is 74.4 Å². The van der Waals surface area contributed by atoms with E-state index in [4.69, 9.17) is 18.9 Å². The fraction of sp³-hybridized carbons (Fsp3) is 0.207. The molecule has 0 aliphatic rings. The van der Waals surface area contributed by atoms with Gasteiger partial charge in [-0.05, 0) is 123 Å². The summed E-state index contributed by atoms with van der Waals surface area (Å²) >= 11 is 0. The monoisotopic (exact) mass is 974 g/mol. The molecule has 0 unspecified atom stereocenters. The van der Waals surface area contributed by atoms with Gasteiger partial charge in [-0.3, -0.25) is 9.59 Å². The number of carboxylic acid groups (broad SMARTS) is 4. The molecule has 14 heteroatoms. The molecule has 0 spiro atoms. The molecule has 0 radical (unpaired) electrons. The zero-order valence-electron chi connectivity index (χ0n) is 39.4. The highest BCUT2D eigenvalue weighted by atomic mass is 16.5. The number of carbonyl (C=O) groups is 6. The summed E-state index contributed by atoms with van der Waals surface area (Å²) in [5.41, 5.74) is -0.883. The number of unbranched alkanes of at least 4 members (excludes halogenated alkanes) is 6. The number of hydrogen-bond acceptors (Lipinski definition) is 10. The topological polar surface area (TPSA) is 220 Å². The maximum atomic E-state index is 12.9. The lowest BCUT2D eigenvalue weighted by atomic mass is 9.88. The maximum Gasteiger partial charge on any atom is 0.337 e. The van der Waals surface area contributed by atoms with Crippen molar-refractivity contribution in [3.05, 3.63) is 190 Å². The molecule has 0 aromatic heterocycles. The molecule has 0 amide bonds. The second-order valence-corrected chi connectivity index (χ2v) is 16.4. The van der Waals surface area contributed by atoms with Crippen molar-refractivity contribution in [1.29, 1.82) is 0 Å². The first-order valence-electron chi connectivity index (χ1n) is 23.4. The molecule has 0 aliphatic carbocycles. The van der Waals surface area contributed by atoms with E-state index in [-0.39, 0.29) is 36.3 Å². The predicted octanol–water partition coefficient (Wildman–Crippen LogP) is 12.0. The standard InChI is InChI=1S/C58H54O14/c59-47(41-15-7-5-8-16-41)31-23-39-19-25-43(26-20-39)69-35-11-1-3-13-37-71-49-33-29-45(55(61)62)51(57(65)66)53(49)54-50(34-30-46(56(63)64)52(54)58(67)68)72-38-14-4-2-12-36-70-44-27-21-40(22-28-44)24-32-48(60)42-17-9-6-10-18-42/h5-10,15-34H,1-4,11-14,35-38H2,(H,61,62)(H,63,64)(H,65,66)(H,67,68). The SMILES string of the molecule is O=C(C=Cc1ccc(OCCCCCCOc2ccc(C(=O)O)c(C(=O)O)c2-c2c(OCCCCCCOc3ccc(C=CC(=O)c4ccccc4)cc3)ccc(C(=O)O)c2C(=O)O)cc1)c1ccccc1. The minimum absolute atomic E-state index is 0.0298. The molecular weight excluding hydrogens is 921 g/mol. The number of benzene rings is 6. The van der Waals surface area contributed by atoms with Crippen LogP contribution >= 0.6 is 0 Å². The number of rotatable bonds is 29. The lowest BCUT2D eigenvalue weighted by Gasteiger charge is -2.21. The van der Waals surface area contributed by atoms with E-state index in [2.05, 4.69) is 0 Å². The normalized spacial score (nSPS) is 11.1. The highest BCUT2D eigenvalue weighted by Crippen LogP contribution is 2.44. The van der Waals surface area contributed by atoms with Gasteiger partial charge in [0.15, 0.2) is 11.6 Å². The van der Waals surface area contributed by atoms with Gasteiger partial charge in [0.2, 0.25) is 0 Å². The summed E-state index contributed by atoms with van der Waals surface area (Å²) in [5, 5.41) is 41.0. The third-order valence-corrected chi connectivity index (χ3v) is 11.3. The van der Waals surface area contributed by atoms with E-state index in [1.165, 1.54) is 24.3 Å².